The first-order valence-corrected chi connectivity index (χ1v) is 8.35. The second kappa shape index (κ2) is 9.77. The van der Waals surface area contributed by atoms with Crippen LogP contribution < -0.4 is 0 Å². The van der Waals surface area contributed by atoms with E-state index in [1.807, 2.05) is 26.3 Å². The maximum absolute atomic E-state index is 4.42. The molecule has 0 aliphatic rings. The quantitative estimate of drug-likeness (QED) is 0.516. The van der Waals surface area contributed by atoms with E-state index in [4.69, 9.17) is 0 Å². The van der Waals surface area contributed by atoms with Crippen LogP contribution >= 0.6 is 0 Å². The molecule has 0 fully saturated rings. The SMILES string of the molecule is Cc1ncc(C=NCCCN(C)CCCN=Cc2cnc(C)[nH]2)[nH]1. The fourth-order valence-electron chi connectivity index (χ4n) is 2.31. The summed E-state index contributed by atoms with van der Waals surface area (Å²) in [5, 5.41) is 0. The number of aliphatic imine (C=N–C) groups is 2. The largest absolute Gasteiger partial charge is 0.341 e. The fraction of sp³-hybridized carbons (Fsp3) is 0.529. The molecule has 0 bridgehead atoms. The Bertz CT molecular complexity index is 597. The van der Waals surface area contributed by atoms with Crippen molar-refractivity contribution in [1.82, 2.24) is 24.8 Å². The minimum atomic E-state index is 0.833. The van der Waals surface area contributed by atoms with Gasteiger partial charge in [0.25, 0.3) is 0 Å². The summed E-state index contributed by atoms with van der Waals surface area (Å²) in [6.07, 6.45) is 9.41. The zero-order valence-electron chi connectivity index (χ0n) is 14.8. The summed E-state index contributed by atoms with van der Waals surface area (Å²) in [6.45, 7) is 7.63. The van der Waals surface area contributed by atoms with Crippen LogP contribution in [-0.4, -0.2) is 70.5 Å². The van der Waals surface area contributed by atoms with Crippen LogP contribution in [0.1, 0.15) is 35.9 Å². The number of hydrogen-bond acceptors (Lipinski definition) is 5. The number of hydrogen-bond donors (Lipinski definition) is 2. The van der Waals surface area contributed by atoms with Crippen LogP contribution in [-0.2, 0) is 0 Å². The molecule has 0 saturated heterocycles. The molecular formula is C17H27N7. The number of nitrogens with zero attached hydrogens (tertiary/aromatic N) is 5. The molecule has 2 rings (SSSR count). The summed E-state index contributed by atoms with van der Waals surface area (Å²) in [5.41, 5.74) is 1.93. The van der Waals surface area contributed by atoms with E-state index in [2.05, 4.69) is 41.9 Å². The zero-order valence-corrected chi connectivity index (χ0v) is 14.8. The number of rotatable bonds is 10. The van der Waals surface area contributed by atoms with Crippen molar-refractivity contribution in [1.29, 1.82) is 0 Å². The van der Waals surface area contributed by atoms with Gasteiger partial charge in [-0.2, -0.15) is 0 Å². The average Bonchev–Trinajstić information content (AvgIpc) is 3.15. The molecule has 2 N–H and O–H groups in total. The van der Waals surface area contributed by atoms with Crippen molar-refractivity contribution < 1.29 is 0 Å². The van der Waals surface area contributed by atoms with Gasteiger partial charge in [-0.05, 0) is 46.8 Å². The molecule has 2 aromatic heterocycles. The average molecular weight is 329 g/mol. The molecule has 0 saturated carbocycles. The number of nitrogens with one attached hydrogen (secondary N) is 2. The summed E-state index contributed by atoms with van der Waals surface area (Å²) in [4.78, 5) is 25.7. The molecule has 7 nitrogen and oxygen atoms in total. The van der Waals surface area contributed by atoms with Crippen LogP contribution in [0.5, 0.6) is 0 Å². The Morgan fingerprint density at radius 2 is 1.38 bits per heavy atom. The zero-order chi connectivity index (χ0) is 17.2. The highest BCUT2D eigenvalue weighted by Gasteiger charge is 1.97. The van der Waals surface area contributed by atoms with Gasteiger partial charge in [-0.1, -0.05) is 0 Å². The van der Waals surface area contributed by atoms with Gasteiger partial charge in [0.2, 0.25) is 0 Å². The number of aromatic amines is 2. The molecule has 24 heavy (non-hydrogen) atoms. The highest BCUT2D eigenvalue weighted by molar-refractivity contribution is 5.76. The van der Waals surface area contributed by atoms with Gasteiger partial charge in [0, 0.05) is 25.5 Å². The van der Waals surface area contributed by atoms with E-state index in [-0.39, 0.29) is 0 Å². The van der Waals surface area contributed by atoms with Gasteiger partial charge < -0.3 is 14.9 Å². The monoisotopic (exact) mass is 329 g/mol. The highest BCUT2D eigenvalue weighted by Crippen LogP contribution is 1.95. The summed E-state index contributed by atoms with van der Waals surface area (Å²) < 4.78 is 0. The second-order valence-corrected chi connectivity index (χ2v) is 5.93. The van der Waals surface area contributed by atoms with Gasteiger partial charge in [-0.25, -0.2) is 9.97 Å². The van der Waals surface area contributed by atoms with E-state index < -0.39 is 0 Å². The van der Waals surface area contributed by atoms with Crippen molar-refractivity contribution in [3.63, 3.8) is 0 Å². The Balaban J connectivity index is 1.51. The second-order valence-electron chi connectivity index (χ2n) is 5.93. The third-order valence-electron chi connectivity index (χ3n) is 3.56. The smallest absolute Gasteiger partial charge is 0.103 e. The van der Waals surface area contributed by atoms with Gasteiger partial charge in [0.15, 0.2) is 0 Å². The predicted octanol–water partition coefficient (Wildman–Crippen LogP) is 2.00. The molecule has 2 heterocycles. The van der Waals surface area contributed by atoms with Gasteiger partial charge in [-0.3, -0.25) is 9.98 Å². The third-order valence-corrected chi connectivity index (χ3v) is 3.56. The van der Waals surface area contributed by atoms with Crippen LogP contribution in [0.2, 0.25) is 0 Å². The lowest BCUT2D eigenvalue weighted by Crippen LogP contribution is -2.22. The van der Waals surface area contributed by atoms with E-state index in [0.29, 0.717) is 0 Å². The first-order valence-electron chi connectivity index (χ1n) is 8.35. The molecular weight excluding hydrogens is 302 g/mol. The summed E-state index contributed by atoms with van der Waals surface area (Å²) in [5.74, 6) is 1.84. The molecule has 0 aliphatic carbocycles. The van der Waals surface area contributed by atoms with Crippen molar-refractivity contribution >= 4 is 12.4 Å². The Labute approximate surface area is 143 Å². The standard InChI is InChI=1S/C17H27N7/c1-14-20-12-16(22-14)10-18-6-4-8-24(3)9-5-7-19-11-17-13-21-15(2)23-17/h10-13H,4-9H2,1-3H3,(H,20,22)(H,21,23). The van der Waals surface area contributed by atoms with Crippen molar-refractivity contribution in [2.24, 2.45) is 9.98 Å². The van der Waals surface area contributed by atoms with Gasteiger partial charge in [0.1, 0.15) is 11.6 Å². The molecule has 0 unspecified atom stereocenters. The maximum Gasteiger partial charge on any atom is 0.103 e. The molecule has 0 amide bonds. The molecule has 7 heteroatoms. The van der Waals surface area contributed by atoms with Crippen LogP contribution in [0.4, 0.5) is 0 Å². The summed E-state index contributed by atoms with van der Waals surface area (Å²) in [7, 11) is 2.14. The third kappa shape index (κ3) is 6.87. The lowest BCUT2D eigenvalue weighted by Gasteiger charge is -2.14. The first kappa shape index (κ1) is 18.1. The van der Waals surface area contributed by atoms with E-state index in [0.717, 1.165) is 62.1 Å². The number of imidazole rings is 2. The Kier molecular flexibility index (Phi) is 7.35. The molecule has 0 radical (unpaired) electrons. The molecule has 0 aromatic carbocycles. The molecule has 0 atom stereocenters. The van der Waals surface area contributed by atoms with E-state index >= 15 is 0 Å². The maximum atomic E-state index is 4.42. The van der Waals surface area contributed by atoms with E-state index in [1.54, 1.807) is 12.4 Å². The summed E-state index contributed by atoms with van der Waals surface area (Å²) in [6, 6.07) is 0. The fourth-order valence-corrected chi connectivity index (χ4v) is 2.31. The predicted molar refractivity (Wildman–Crippen MR) is 98.3 cm³/mol. The Morgan fingerprint density at radius 3 is 1.75 bits per heavy atom. The van der Waals surface area contributed by atoms with Crippen LogP contribution in [0.3, 0.4) is 0 Å². The topological polar surface area (TPSA) is 85.3 Å². The molecule has 130 valence electrons. The number of aryl methyl sites for hydroxylation is 2. The number of H-pyrrole nitrogens is 2. The first-order chi connectivity index (χ1) is 11.6. The normalized spacial score (nSPS) is 12.2. The van der Waals surface area contributed by atoms with E-state index in [1.165, 1.54) is 0 Å². The molecule has 0 aliphatic heterocycles. The Morgan fingerprint density at radius 1 is 0.917 bits per heavy atom. The molecule has 0 spiro atoms. The van der Waals surface area contributed by atoms with Crippen LogP contribution in [0, 0.1) is 13.8 Å². The van der Waals surface area contributed by atoms with Crippen molar-refractivity contribution in [2.45, 2.75) is 26.7 Å². The van der Waals surface area contributed by atoms with Gasteiger partial charge in [-0.15, -0.1) is 0 Å². The van der Waals surface area contributed by atoms with Gasteiger partial charge >= 0.3 is 0 Å². The lowest BCUT2D eigenvalue weighted by atomic mass is 10.3. The Hall–Kier alpha value is -2.28. The van der Waals surface area contributed by atoms with Crippen molar-refractivity contribution in [2.75, 3.05) is 33.2 Å². The number of aromatic nitrogens is 4. The summed E-state index contributed by atoms with van der Waals surface area (Å²) >= 11 is 0. The lowest BCUT2D eigenvalue weighted by molar-refractivity contribution is 0.329. The minimum Gasteiger partial charge on any atom is -0.341 e. The van der Waals surface area contributed by atoms with E-state index in [9.17, 15) is 0 Å². The van der Waals surface area contributed by atoms with Gasteiger partial charge in [0.05, 0.1) is 23.8 Å². The van der Waals surface area contributed by atoms with Crippen molar-refractivity contribution in [3.05, 3.63) is 35.4 Å². The minimum absolute atomic E-state index is 0.833. The van der Waals surface area contributed by atoms with Crippen molar-refractivity contribution in [3.8, 4) is 0 Å². The highest BCUT2D eigenvalue weighted by atomic mass is 15.1. The van der Waals surface area contributed by atoms with Crippen LogP contribution in [0.15, 0.2) is 22.4 Å². The molecule has 2 aromatic rings. The van der Waals surface area contributed by atoms with Crippen LogP contribution in [0.25, 0.3) is 0 Å².